The van der Waals surface area contributed by atoms with E-state index in [1.807, 2.05) is 13.0 Å². The van der Waals surface area contributed by atoms with Crippen molar-refractivity contribution >= 4 is 5.69 Å². The maximum Gasteiger partial charge on any atom is 0.146 e. The summed E-state index contributed by atoms with van der Waals surface area (Å²) in [5.41, 5.74) is 7.70. The van der Waals surface area contributed by atoms with Crippen LogP contribution >= 0.6 is 0 Å². The smallest absolute Gasteiger partial charge is 0.146 e. The lowest BCUT2D eigenvalue weighted by Crippen LogP contribution is -2.36. The van der Waals surface area contributed by atoms with Crippen LogP contribution in [0.5, 0.6) is 0 Å². The molecule has 0 aromatic heterocycles. The molecule has 0 saturated carbocycles. The summed E-state index contributed by atoms with van der Waals surface area (Å²) in [6, 6.07) is 5.58. The minimum absolute atomic E-state index is 0.129. The van der Waals surface area contributed by atoms with Crippen molar-refractivity contribution in [1.29, 1.82) is 0 Å². The zero-order valence-electron chi connectivity index (χ0n) is 12.0. The SMILES string of the molecule is CCC1CCCCCN1c1c(F)cccc1C(C)N. The highest BCUT2D eigenvalue weighted by Crippen LogP contribution is 2.33. The third-order valence-electron chi connectivity index (χ3n) is 4.14. The Labute approximate surface area is 115 Å². The van der Waals surface area contributed by atoms with Gasteiger partial charge in [0.25, 0.3) is 0 Å². The van der Waals surface area contributed by atoms with E-state index >= 15 is 0 Å². The Balaban J connectivity index is 2.42. The van der Waals surface area contributed by atoms with Crippen LogP contribution in [0.4, 0.5) is 10.1 Å². The van der Waals surface area contributed by atoms with Crippen molar-refractivity contribution in [2.75, 3.05) is 11.4 Å². The Hall–Kier alpha value is -1.09. The molecule has 1 fully saturated rings. The van der Waals surface area contributed by atoms with Crippen LogP contribution in [0.3, 0.4) is 0 Å². The minimum Gasteiger partial charge on any atom is -0.366 e. The third-order valence-corrected chi connectivity index (χ3v) is 4.14. The molecule has 2 nitrogen and oxygen atoms in total. The van der Waals surface area contributed by atoms with Crippen molar-refractivity contribution in [3.05, 3.63) is 29.6 Å². The van der Waals surface area contributed by atoms with Crippen molar-refractivity contribution in [1.82, 2.24) is 0 Å². The number of benzene rings is 1. The lowest BCUT2D eigenvalue weighted by Gasteiger charge is -2.34. The second-order valence-electron chi connectivity index (χ2n) is 5.57. The predicted octanol–water partition coefficient (Wildman–Crippen LogP) is 4.00. The van der Waals surface area contributed by atoms with Gasteiger partial charge < -0.3 is 10.6 Å². The molecule has 19 heavy (non-hydrogen) atoms. The molecule has 2 N–H and O–H groups in total. The van der Waals surface area contributed by atoms with Gasteiger partial charge in [-0.3, -0.25) is 0 Å². The fraction of sp³-hybridized carbons (Fsp3) is 0.625. The maximum absolute atomic E-state index is 14.3. The molecule has 0 radical (unpaired) electrons. The molecule has 1 saturated heterocycles. The molecule has 1 heterocycles. The number of halogens is 1. The lowest BCUT2D eigenvalue weighted by molar-refractivity contribution is 0.536. The van der Waals surface area contributed by atoms with Gasteiger partial charge in [-0.2, -0.15) is 0 Å². The molecule has 2 unspecified atom stereocenters. The first-order chi connectivity index (χ1) is 9.15. The molecule has 0 spiro atoms. The van der Waals surface area contributed by atoms with Crippen LogP contribution < -0.4 is 10.6 Å². The molecule has 1 aromatic carbocycles. The fourth-order valence-corrected chi connectivity index (χ4v) is 3.10. The molecule has 3 heteroatoms. The maximum atomic E-state index is 14.3. The van der Waals surface area contributed by atoms with E-state index in [0.29, 0.717) is 6.04 Å². The standard InChI is InChI=1S/C16H25FN2/c1-3-13-8-5-4-6-11-19(13)16-14(12(2)18)9-7-10-15(16)17/h7,9-10,12-13H,3-6,8,11,18H2,1-2H3. The summed E-state index contributed by atoms with van der Waals surface area (Å²) in [7, 11) is 0. The first-order valence-electron chi connectivity index (χ1n) is 7.45. The zero-order valence-corrected chi connectivity index (χ0v) is 12.0. The highest BCUT2D eigenvalue weighted by molar-refractivity contribution is 5.57. The van der Waals surface area contributed by atoms with Gasteiger partial charge >= 0.3 is 0 Å². The average molecular weight is 264 g/mol. The molecule has 0 amide bonds. The number of hydrogen-bond acceptors (Lipinski definition) is 2. The van der Waals surface area contributed by atoms with Gasteiger partial charge in [0.15, 0.2) is 0 Å². The molecule has 2 rings (SSSR count). The summed E-state index contributed by atoms with van der Waals surface area (Å²) in [6.45, 7) is 5.06. The minimum atomic E-state index is -0.133. The van der Waals surface area contributed by atoms with Crippen molar-refractivity contribution < 1.29 is 4.39 Å². The molecular weight excluding hydrogens is 239 g/mol. The summed E-state index contributed by atoms with van der Waals surface area (Å²) in [4.78, 5) is 2.26. The number of nitrogens with two attached hydrogens (primary N) is 1. The predicted molar refractivity (Wildman–Crippen MR) is 78.9 cm³/mol. The molecule has 1 aliphatic rings. The number of rotatable bonds is 3. The van der Waals surface area contributed by atoms with Gasteiger partial charge in [-0.1, -0.05) is 31.9 Å². The van der Waals surface area contributed by atoms with Crippen LogP contribution in [0.15, 0.2) is 18.2 Å². The number of hydrogen-bond donors (Lipinski definition) is 1. The Morgan fingerprint density at radius 2 is 2.16 bits per heavy atom. The Bertz CT molecular complexity index is 417. The van der Waals surface area contributed by atoms with Crippen molar-refractivity contribution in [3.63, 3.8) is 0 Å². The van der Waals surface area contributed by atoms with Gasteiger partial charge in [-0.25, -0.2) is 4.39 Å². The van der Waals surface area contributed by atoms with E-state index in [9.17, 15) is 4.39 Å². The summed E-state index contributed by atoms with van der Waals surface area (Å²) in [5.74, 6) is -0.129. The Morgan fingerprint density at radius 1 is 1.37 bits per heavy atom. The van der Waals surface area contributed by atoms with E-state index in [1.165, 1.54) is 12.8 Å². The lowest BCUT2D eigenvalue weighted by atomic mass is 10.0. The Kier molecular flexibility index (Phi) is 4.81. The van der Waals surface area contributed by atoms with Gasteiger partial charge in [0, 0.05) is 18.6 Å². The zero-order chi connectivity index (χ0) is 13.8. The molecule has 0 aliphatic carbocycles. The number of para-hydroxylation sites is 1. The molecule has 0 bridgehead atoms. The van der Waals surface area contributed by atoms with Crippen LogP contribution in [0.25, 0.3) is 0 Å². The normalized spacial score (nSPS) is 22.1. The largest absolute Gasteiger partial charge is 0.366 e. The third kappa shape index (κ3) is 3.08. The summed E-state index contributed by atoms with van der Waals surface area (Å²) in [5, 5.41) is 0. The first-order valence-corrected chi connectivity index (χ1v) is 7.45. The van der Waals surface area contributed by atoms with E-state index in [1.54, 1.807) is 12.1 Å². The van der Waals surface area contributed by atoms with E-state index in [-0.39, 0.29) is 11.9 Å². The highest BCUT2D eigenvalue weighted by atomic mass is 19.1. The molecule has 1 aliphatic heterocycles. The average Bonchev–Trinajstić information content (AvgIpc) is 2.63. The topological polar surface area (TPSA) is 29.3 Å². The monoisotopic (exact) mass is 264 g/mol. The van der Waals surface area contributed by atoms with Crippen LogP contribution in [0.2, 0.25) is 0 Å². The molecular formula is C16H25FN2. The molecule has 1 aromatic rings. The molecule has 106 valence electrons. The highest BCUT2D eigenvalue weighted by Gasteiger charge is 2.25. The fourth-order valence-electron chi connectivity index (χ4n) is 3.10. The summed E-state index contributed by atoms with van der Waals surface area (Å²) in [6.07, 6.45) is 5.85. The second kappa shape index (κ2) is 6.38. The summed E-state index contributed by atoms with van der Waals surface area (Å²) >= 11 is 0. The van der Waals surface area contributed by atoms with Crippen LogP contribution in [-0.4, -0.2) is 12.6 Å². The molecule has 2 atom stereocenters. The Morgan fingerprint density at radius 3 is 2.84 bits per heavy atom. The van der Waals surface area contributed by atoms with Crippen LogP contribution in [0, 0.1) is 5.82 Å². The second-order valence-corrected chi connectivity index (χ2v) is 5.57. The van der Waals surface area contributed by atoms with Gasteiger partial charge in [0.05, 0.1) is 5.69 Å². The number of nitrogens with zero attached hydrogens (tertiary/aromatic N) is 1. The van der Waals surface area contributed by atoms with Crippen molar-refractivity contribution in [2.24, 2.45) is 5.73 Å². The van der Waals surface area contributed by atoms with E-state index < -0.39 is 0 Å². The van der Waals surface area contributed by atoms with E-state index in [4.69, 9.17) is 5.73 Å². The summed E-state index contributed by atoms with van der Waals surface area (Å²) < 4.78 is 14.3. The van der Waals surface area contributed by atoms with Gasteiger partial charge in [0.1, 0.15) is 5.82 Å². The van der Waals surface area contributed by atoms with Crippen molar-refractivity contribution in [2.45, 2.75) is 58.0 Å². The van der Waals surface area contributed by atoms with Crippen LogP contribution in [-0.2, 0) is 0 Å². The quantitative estimate of drug-likeness (QED) is 0.894. The first kappa shape index (κ1) is 14.3. The van der Waals surface area contributed by atoms with Gasteiger partial charge in [-0.15, -0.1) is 0 Å². The van der Waals surface area contributed by atoms with Crippen molar-refractivity contribution in [3.8, 4) is 0 Å². The van der Waals surface area contributed by atoms with E-state index in [2.05, 4.69) is 11.8 Å². The van der Waals surface area contributed by atoms with Gasteiger partial charge in [-0.05, 0) is 37.8 Å². The van der Waals surface area contributed by atoms with E-state index in [0.717, 1.165) is 37.1 Å². The van der Waals surface area contributed by atoms with Gasteiger partial charge in [0.2, 0.25) is 0 Å². The van der Waals surface area contributed by atoms with Crippen LogP contribution in [0.1, 0.15) is 57.6 Å². The number of anilines is 1.